The third-order valence-electron chi connectivity index (χ3n) is 3.63. The second kappa shape index (κ2) is 8.45. The number of carbonyl (C=O) groups excluding carboxylic acids is 1. The standard InChI is InChI=1S/C18H15BrN4O4/c19-13-2-7-17(22-10-1-9-20-22)16(12-13)21-18(24)8-11-27-15-5-3-14(4-6-15)23(25)26/h1-7,9-10,12H,8,11H2,(H,21,24). The van der Waals surface area contributed by atoms with Gasteiger partial charge in [-0.1, -0.05) is 15.9 Å². The maximum atomic E-state index is 12.3. The van der Waals surface area contributed by atoms with Gasteiger partial charge >= 0.3 is 0 Å². The highest BCUT2D eigenvalue weighted by atomic mass is 79.9. The van der Waals surface area contributed by atoms with E-state index in [-0.39, 0.29) is 24.6 Å². The molecule has 0 saturated carbocycles. The van der Waals surface area contributed by atoms with E-state index < -0.39 is 4.92 Å². The van der Waals surface area contributed by atoms with E-state index >= 15 is 0 Å². The third-order valence-corrected chi connectivity index (χ3v) is 4.12. The smallest absolute Gasteiger partial charge is 0.269 e. The van der Waals surface area contributed by atoms with Gasteiger partial charge in [-0.05, 0) is 36.4 Å². The number of non-ortho nitro benzene ring substituents is 1. The van der Waals surface area contributed by atoms with E-state index in [1.165, 1.54) is 24.3 Å². The summed E-state index contributed by atoms with van der Waals surface area (Å²) in [5.74, 6) is 0.247. The van der Waals surface area contributed by atoms with Crippen molar-refractivity contribution in [3.63, 3.8) is 0 Å². The first-order valence-electron chi connectivity index (χ1n) is 7.99. The number of aromatic nitrogens is 2. The predicted octanol–water partition coefficient (Wildman–Crippen LogP) is 3.95. The highest BCUT2D eigenvalue weighted by Gasteiger charge is 2.10. The number of nitro benzene ring substituents is 1. The molecular weight excluding hydrogens is 416 g/mol. The molecule has 3 aromatic rings. The number of hydrogen-bond donors (Lipinski definition) is 1. The van der Waals surface area contributed by atoms with Crippen LogP contribution in [0.2, 0.25) is 0 Å². The van der Waals surface area contributed by atoms with Gasteiger partial charge in [0.05, 0.1) is 29.3 Å². The van der Waals surface area contributed by atoms with Gasteiger partial charge in [0.2, 0.25) is 5.91 Å². The van der Waals surface area contributed by atoms with Crippen LogP contribution in [0.25, 0.3) is 5.69 Å². The first kappa shape index (κ1) is 18.6. The molecule has 0 aliphatic rings. The molecule has 1 aromatic heterocycles. The van der Waals surface area contributed by atoms with Crippen molar-refractivity contribution < 1.29 is 14.5 Å². The summed E-state index contributed by atoms with van der Waals surface area (Å²) in [6, 6.07) is 13.0. The van der Waals surface area contributed by atoms with Gasteiger partial charge in [0.1, 0.15) is 5.75 Å². The Morgan fingerprint density at radius 1 is 1.26 bits per heavy atom. The largest absolute Gasteiger partial charge is 0.493 e. The monoisotopic (exact) mass is 430 g/mol. The van der Waals surface area contributed by atoms with Crippen LogP contribution in [0.5, 0.6) is 5.75 Å². The molecule has 1 heterocycles. The number of benzene rings is 2. The Bertz CT molecular complexity index is 943. The molecule has 0 bridgehead atoms. The lowest BCUT2D eigenvalue weighted by atomic mass is 10.2. The van der Waals surface area contributed by atoms with Crippen LogP contribution in [-0.4, -0.2) is 27.2 Å². The van der Waals surface area contributed by atoms with Gasteiger partial charge in [0.25, 0.3) is 5.69 Å². The van der Waals surface area contributed by atoms with Crippen LogP contribution in [0.4, 0.5) is 11.4 Å². The van der Waals surface area contributed by atoms with Crippen LogP contribution < -0.4 is 10.1 Å². The lowest BCUT2D eigenvalue weighted by Gasteiger charge is -2.12. The Morgan fingerprint density at radius 2 is 2.04 bits per heavy atom. The lowest BCUT2D eigenvalue weighted by Crippen LogP contribution is -2.16. The van der Waals surface area contributed by atoms with Gasteiger partial charge in [-0.2, -0.15) is 5.10 Å². The number of halogens is 1. The molecule has 9 heteroatoms. The van der Waals surface area contributed by atoms with Crippen LogP contribution in [0.3, 0.4) is 0 Å². The van der Waals surface area contributed by atoms with Crippen LogP contribution in [-0.2, 0) is 4.79 Å². The Hall–Kier alpha value is -3.20. The van der Waals surface area contributed by atoms with Crippen LogP contribution in [0, 0.1) is 10.1 Å². The molecule has 0 aliphatic heterocycles. The number of anilines is 1. The minimum Gasteiger partial charge on any atom is -0.493 e. The van der Waals surface area contributed by atoms with Crippen molar-refractivity contribution in [2.45, 2.75) is 6.42 Å². The van der Waals surface area contributed by atoms with Crippen LogP contribution in [0.1, 0.15) is 6.42 Å². The Kier molecular flexibility index (Phi) is 5.82. The highest BCUT2D eigenvalue weighted by Crippen LogP contribution is 2.24. The number of amides is 1. The van der Waals surface area contributed by atoms with Crippen molar-refractivity contribution in [1.29, 1.82) is 0 Å². The molecule has 0 fully saturated rings. The zero-order valence-corrected chi connectivity index (χ0v) is 15.6. The SMILES string of the molecule is O=C(CCOc1ccc([N+](=O)[O-])cc1)Nc1cc(Br)ccc1-n1cccn1. The van der Waals surface area contributed by atoms with E-state index in [4.69, 9.17) is 4.74 Å². The average Bonchev–Trinajstić information content (AvgIpc) is 3.16. The topological polar surface area (TPSA) is 99.3 Å². The number of nitrogens with one attached hydrogen (secondary N) is 1. The molecule has 8 nitrogen and oxygen atoms in total. The van der Waals surface area contributed by atoms with Crippen LogP contribution >= 0.6 is 15.9 Å². The fourth-order valence-corrected chi connectivity index (χ4v) is 2.72. The summed E-state index contributed by atoms with van der Waals surface area (Å²) in [5, 5.41) is 17.7. The maximum Gasteiger partial charge on any atom is 0.269 e. The first-order chi connectivity index (χ1) is 13.0. The number of nitrogens with zero attached hydrogens (tertiary/aromatic N) is 3. The molecule has 0 unspecified atom stereocenters. The summed E-state index contributed by atoms with van der Waals surface area (Å²) in [6.07, 6.45) is 3.57. The second-order valence-corrected chi connectivity index (χ2v) is 6.43. The molecule has 2 aromatic carbocycles. The van der Waals surface area contributed by atoms with E-state index in [1.54, 1.807) is 29.2 Å². The molecule has 0 saturated heterocycles. The molecule has 1 N–H and O–H groups in total. The van der Waals surface area contributed by atoms with E-state index in [1.807, 2.05) is 12.1 Å². The van der Waals surface area contributed by atoms with E-state index in [2.05, 4.69) is 26.3 Å². The molecule has 0 spiro atoms. The summed E-state index contributed by atoms with van der Waals surface area (Å²) in [4.78, 5) is 22.4. The van der Waals surface area contributed by atoms with E-state index in [0.29, 0.717) is 11.4 Å². The van der Waals surface area contributed by atoms with Gasteiger partial charge in [0, 0.05) is 29.0 Å². The summed E-state index contributed by atoms with van der Waals surface area (Å²) >= 11 is 3.40. The molecule has 27 heavy (non-hydrogen) atoms. The van der Waals surface area contributed by atoms with Gasteiger partial charge in [-0.15, -0.1) is 0 Å². The fraction of sp³-hybridized carbons (Fsp3) is 0.111. The number of carbonyl (C=O) groups is 1. The van der Waals surface area contributed by atoms with Crippen molar-refractivity contribution in [3.05, 3.63) is 75.5 Å². The number of nitro groups is 1. The quantitative estimate of drug-likeness (QED) is 0.451. The minimum atomic E-state index is -0.480. The summed E-state index contributed by atoms with van der Waals surface area (Å²) in [5.41, 5.74) is 1.35. The number of ether oxygens (including phenoxy) is 1. The van der Waals surface area contributed by atoms with Crippen LogP contribution in [0.15, 0.2) is 65.4 Å². The maximum absolute atomic E-state index is 12.3. The number of hydrogen-bond acceptors (Lipinski definition) is 5. The molecule has 0 atom stereocenters. The van der Waals surface area contributed by atoms with Gasteiger partial charge < -0.3 is 10.1 Å². The zero-order chi connectivity index (χ0) is 19.2. The summed E-state index contributed by atoms with van der Waals surface area (Å²) in [7, 11) is 0. The van der Waals surface area contributed by atoms with E-state index in [0.717, 1.165) is 10.2 Å². The molecule has 138 valence electrons. The average molecular weight is 431 g/mol. The Labute approximate surface area is 163 Å². The molecule has 3 rings (SSSR count). The summed E-state index contributed by atoms with van der Waals surface area (Å²) in [6.45, 7) is 0.148. The normalized spacial score (nSPS) is 10.4. The predicted molar refractivity (Wildman–Crippen MR) is 103 cm³/mol. The highest BCUT2D eigenvalue weighted by molar-refractivity contribution is 9.10. The lowest BCUT2D eigenvalue weighted by molar-refractivity contribution is -0.384. The minimum absolute atomic E-state index is 0.0131. The van der Waals surface area contributed by atoms with Crippen molar-refractivity contribution in [1.82, 2.24) is 9.78 Å². The second-order valence-electron chi connectivity index (χ2n) is 5.51. The number of rotatable bonds is 7. The Morgan fingerprint density at radius 3 is 2.70 bits per heavy atom. The van der Waals surface area contributed by atoms with Crippen molar-refractivity contribution >= 4 is 33.2 Å². The summed E-state index contributed by atoms with van der Waals surface area (Å²) < 4.78 is 7.96. The molecule has 0 radical (unpaired) electrons. The van der Waals surface area contributed by atoms with E-state index in [9.17, 15) is 14.9 Å². The van der Waals surface area contributed by atoms with Gasteiger partial charge in [-0.3, -0.25) is 14.9 Å². The molecule has 1 amide bonds. The first-order valence-corrected chi connectivity index (χ1v) is 8.79. The van der Waals surface area contributed by atoms with Gasteiger partial charge in [0.15, 0.2) is 0 Å². The van der Waals surface area contributed by atoms with Gasteiger partial charge in [-0.25, -0.2) is 4.68 Å². The van der Waals surface area contributed by atoms with Crippen molar-refractivity contribution in [3.8, 4) is 11.4 Å². The molecule has 0 aliphatic carbocycles. The fourth-order valence-electron chi connectivity index (χ4n) is 2.36. The zero-order valence-electron chi connectivity index (χ0n) is 14.0. The third kappa shape index (κ3) is 4.91. The molecular formula is C18H15BrN4O4. The van der Waals surface area contributed by atoms with Crippen molar-refractivity contribution in [2.24, 2.45) is 0 Å². The Balaban J connectivity index is 1.58. The van der Waals surface area contributed by atoms with Crippen molar-refractivity contribution in [2.75, 3.05) is 11.9 Å².